The molecular weight excluding hydrogens is 318 g/mol. The fourth-order valence-corrected chi connectivity index (χ4v) is 3.54. The minimum Gasteiger partial charge on any atom is -0.493 e. The monoisotopic (exact) mass is 349 g/mol. The van der Waals surface area contributed by atoms with Gasteiger partial charge in [0.1, 0.15) is 0 Å². The van der Waals surface area contributed by atoms with Crippen molar-refractivity contribution in [3.05, 3.63) is 17.7 Å². The highest BCUT2D eigenvalue weighted by molar-refractivity contribution is 5.76. The number of amides is 1. The molecule has 1 aliphatic carbocycles. The van der Waals surface area contributed by atoms with Crippen molar-refractivity contribution in [3.8, 4) is 17.2 Å². The first-order valence-corrected chi connectivity index (χ1v) is 9.23. The Labute approximate surface area is 151 Å². The smallest absolute Gasteiger partial charge is 0.220 e. The molecule has 0 unspecified atom stereocenters. The number of methoxy groups -OCH3 is 3. The Balaban J connectivity index is 1.76. The summed E-state index contributed by atoms with van der Waals surface area (Å²) in [5, 5.41) is 3.03. The predicted octanol–water partition coefficient (Wildman–Crippen LogP) is 3.73. The molecule has 140 valence electrons. The lowest BCUT2D eigenvalue weighted by Gasteiger charge is -2.14. The van der Waals surface area contributed by atoms with Gasteiger partial charge in [-0.3, -0.25) is 4.79 Å². The van der Waals surface area contributed by atoms with Gasteiger partial charge in [-0.2, -0.15) is 0 Å². The number of carbonyl (C=O) groups is 1. The number of hydrogen-bond donors (Lipinski definition) is 1. The topological polar surface area (TPSA) is 56.8 Å². The van der Waals surface area contributed by atoms with E-state index in [1.165, 1.54) is 32.1 Å². The summed E-state index contributed by atoms with van der Waals surface area (Å²) in [6.07, 6.45) is 8.93. The van der Waals surface area contributed by atoms with Crippen LogP contribution in [0.1, 0.15) is 50.5 Å². The van der Waals surface area contributed by atoms with Crippen molar-refractivity contribution in [2.45, 2.75) is 51.4 Å². The van der Waals surface area contributed by atoms with Crippen molar-refractivity contribution in [2.24, 2.45) is 5.92 Å². The van der Waals surface area contributed by atoms with E-state index in [-0.39, 0.29) is 5.91 Å². The van der Waals surface area contributed by atoms with E-state index in [0.717, 1.165) is 24.4 Å². The van der Waals surface area contributed by atoms with Crippen LogP contribution in [0.3, 0.4) is 0 Å². The molecule has 0 saturated heterocycles. The molecule has 5 nitrogen and oxygen atoms in total. The standard InChI is InChI=1S/C20H31NO4/c1-23-17-13-16(14-18(24-2)20(17)25-3)10-11-19(22)21-12-6-9-15-7-4-5-8-15/h13-15H,4-12H2,1-3H3,(H,21,22). The number of hydrogen-bond acceptors (Lipinski definition) is 4. The van der Waals surface area contributed by atoms with Gasteiger partial charge in [0.2, 0.25) is 11.7 Å². The molecular formula is C20H31NO4. The van der Waals surface area contributed by atoms with Gasteiger partial charge in [-0.15, -0.1) is 0 Å². The SMILES string of the molecule is COc1cc(CCC(=O)NCCCC2CCCC2)cc(OC)c1OC. The quantitative estimate of drug-likeness (QED) is 0.654. The zero-order valence-electron chi connectivity index (χ0n) is 15.7. The Morgan fingerprint density at radius 2 is 1.72 bits per heavy atom. The van der Waals surface area contributed by atoms with Crippen molar-refractivity contribution in [2.75, 3.05) is 27.9 Å². The van der Waals surface area contributed by atoms with E-state index in [9.17, 15) is 4.79 Å². The minimum atomic E-state index is 0.0974. The second kappa shape index (κ2) is 10.2. The summed E-state index contributed by atoms with van der Waals surface area (Å²) >= 11 is 0. The first kappa shape index (κ1) is 19.4. The number of rotatable bonds is 10. The van der Waals surface area contributed by atoms with E-state index in [4.69, 9.17) is 14.2 Å². The van der Waals surface area contributed by atoms with Crippen molar-refractivity contribution in [3.63, 3.8) is 0 Å². The van der Waals surface area contributed by atoms with Gasteiger partial charge in [-0.1, -0.05) is 25.7 Å². The molecule has 25 heavy (non-hydrogen) atoms. The summed E-state index contributed by atoms with van der Waals surface area (Å²) in [6.45, 7) is 0.782. The molecule has 1 N–H and O–H groups in total. The van der Waals surface area contributed by atoms with Gasteiger partial charge in [-0.25, -0.2) is 0 Å². The first-order chi connectivity index (χ1) is 12.2. The summed E-state index contributed by atoms with van der Waals surface area (Å²) in [7, 11) is 4.77. The molecule has 0 radical (unpaired) electrons. The molecule has 1 aromatic rings. The summed E-state index contributed by atoms with van der Waals surface area (Å²) < 4.78 is 16.0. The summed E-state index contributed by atoms with van der Waals surface area (Å²) in [4.78, 5) is 12.0. The van der Waals surface area contributed by atoms with Crippen LogP contribution in [0.4, 0.5) is 0 Å². The molecule has 1 aromatic carbocycles. The fraction of sp³-hybridized carbons (Fsp3) is 0.650. The van der Waals surface area contributed by atoms with Crippen molar-refractivity contribution >= 4 is 5.91 Å². The molecule has 1 aliphatic rings. The number of carbonyl (C=O) groups excluding carboxylic acids is 1. The van der Waals surface area contributed by atoms with Crippen LogP contribution in [-0.4, -0.2) is 33.8 Å². The molecule has 1 fully saturated rings. The lowest BCUT2D eigenvalue weighted by Crippen LogP contribution is -2.25. The third kappa shape index (κ3) is 5.83. The Morgan fingerprint density at radius 3 is 2.28 bits per heavy atom. The van der Waals surface area contributed by atoms with Gasteiger partial charge < -0.3 is 19.5 Å². The summed E-state index contributed by atoms with van der Waals surface area (Å²) in [6, 6.07) is 3.80. The van der Waals surface area contributed by atoms with Gasteiger partial charge in [0.15, 0.2) is 11.5 Å². The van der Waals surface area contributed by atoms with E-state index < -0.39 is 0 Å². The maximum Gasteiger partial charge on any atom is 0.220 e. The van der Waals surface area contributed by atoms with Crippen LogP contribution < -0.4 is 19.5 Å². The van der Waals surface area contributed by atoms with Crippen LogP contribution in [0, 0.1) is 5.92 Å². The third-order valence-corrected chi connectivity index (χ3v) is 4.95. The van der Waals surface area contributed by atoms with Gasteiger partial charge in [-0.05, 0) is 42.9 Å². The van der Waals surface area contributed by atoms with Gasteiger partial charge in [0, 0.05) is 13.0 Å². The number of nitrogens with one attached hydrogen (secondary N) is 1. The Morgan fingerprint density at radius 1 is 1.08 bits per heavy atom. The summed E-state index contributed by atoms with van der Waals surface area (Å²) in [5.41, 5.74) is 0.996. The fourth-order valence-electron chi connectivity index (χ4n) is 3.54. The predicted molar refractivity (Wildman–Crippen MR) is 98.6 cm³/mol. The highest BCUT2D eigenvalue weighted by atomic mass is 16.5. The molecule has 0 spiro atoms. The van der Waals surface area contributed by atoms with Gasteiger partial charge in [0.25, 0.3) is 0 Å². The van der Waals surface area contributed by atoms with Crippen LogP contribution in [0.15, 0.2) is 12.1 Å². The second-order valence-corrected chi connectivity index (χ2v) is 6.68. The molecule has 0 heterocycles. The lowest BCUT2D eigenvalue weighted by atomic mass is 10.0. The molecule has 0 atom stereocenters. The zero-order chi connectivity index (χ0) is 18.1. The van der Waals surface area contributed by atoms with Crippen LogP contribution in [-0.2, 0) is 11.2 Å². The second-order valence-electron chi connectivity index (χ2n) is 6.68. The third-order valence-electron chi connectivity index (χ3n) is 4.95. The minimum absolute atomic E-state index is 0.0974. The van der Waals surface area contributed by atoms with Crippen molar-refractivity contribution < 1.29 is 19.0 Å². The number of benzene rings is 1. The first-order valence-electron chi connectivity index (χ1n) is 9.23. The molecule has 0 aromatic heterocycles. The van der Waals surface area contributed by atoms with E-state index in [2.05, 4.69) is 5.32 Å². The number of ether oxygens (including phenoxy) is 3. The molecule has 0 bridgehead atoms. The maximum absolute atomic E-state index is 12.0. The van der Waals surface area contributed by atoms with E-state index in [0.29, 0.717) is 30.1 Å². The van der Waals surface area contributed by atoms with Crippen LogP contribution >= 0.6 is 0 Å². The zero-order valence-corrected chi connectivity index (χ0v) is 15.7. The van der Waals surface area contributed by atoms with E-state index in [1.54, 1.807) is 21.3 Å². The Hall–Kier alpha value is -1.91. The van der Waals surface area contributed by atoms with Crippen molar-refractivity contribution in [1.82, 2.24) is 5.32 Å². The molecule has 1 amide bonds. The van der Waals surface area contributed by atoms with Gasteiger partial charge >= 0.3 is 0 Å². The van der Waals surface area contributed by atoms with E-state index >= 15 is 0 Å². The van der Waals surface area contributed by atoms with Crippen LogP contribution in [0.25, 0.3) is 0 Å². The largest absolute Gasteiger partial charge is 0.493 e. The lowest BCUT2D eigenvalue weighted by molar-refractivity contribution is -0.121. The molecule has 2 rings (SSSR count). The average Bonchev–Trinajstić information content (AvgIpc) is 3.15. The van der Waals surface area contributed by atoms with Gasteiger partial charge in [0.05, 0.1) is 21.3 Å². The maximum atomic E-state index is 12.0. The highest BCUT2D eigenvalue weighted by Gasteiger charge is 2.15. The molecule has 0 aliphatic heterocycles. The van der Waals surface area contributed by atoms with Crippen LogP contribution in [0.5, 0.6) is 17.2 Å². The Kier molecular flexibility index (Phi) is 7.89. The van der Waals surface area contributed by atoms with Crippen molar-refractivity contribution in [1.29, 1.82) is 0 Å². The molecule has 5 heteroatoms. The van der Waals surface area contributed by atoms with E-state index in [1.807, 2.05) is 12.1 Å². The normalized spacial score (nSPS) is 14.4. The molecule has 1 saturated carbocycles. The highest BCUT2D eigenvalue weighted by Crippen LogP contribution is 2.38. The average molecular weight is 349 g/mol. The number of aryl methyl sites for hydroxylation is 1. The van der Waals surface area contributed by atoms with Crippen LogP contribution in [0.2, 0.25) is 0 Å². The summed E-state index contributed by atoms with van der Waals surface area (Å²) in [5.74, 6) is 2.80. The Bertz CT molecular complexity index is 528.